The number of rotatable bonds is 12. The fraction of sp³-hybridized carbons (Fsp3) is 0.289. The maximum atomic E-state index is 14.4. The predicted molar refractivity (Wildman–Crippen MR) is 219 cm³/mol. The van der Waals surface area contributed by atoms with E-state index >= 15 is 0 Å². The van der Waals surface area contributed by atoms with Crippen molar-refractivity contribution >= 4 is 41.5 Å². The smallest absolute Gasteiger partial charge is 0.408 e. The van der Waals surface area contributed by atoms with E-state index in [1.165, 1.54) is 16.7 Å². The maximum Gasteiger partial charge on any atom is 0.408 e. The van der Waals surface area contributed by atoms with Crippen LogP contribution >= 0.6 is 11.8 Å². The molecule has 2 atom stereocenters. The summed E-state index contributed by atoms with van der Waals surface area (Å²) in [5, 5.41) is 14.6. The average Bonchev–Trinajstić information content (AvgIpc) is 3.55. The molecule has 2 saturated heterocycles. The van der Waals surface area contributed by atoms with E-state index in [4.69, 9.17) is 9.47 Å². The third kappa shape index (κ3) is 10.4. The molecule has 13 nitrogen and oxygen atoms in total. The lowest BCUT2D eigenvalue weighted by molar-refractivity contribution is -0.684. The number of hydrogen-bond acceptors (Lipinski definition) is 9. The second-order valence-corrected chi connectivity index (χ2v) is 16.6. The molecule has 0 aliphatic carbocycles. The fourth-order valence-electron chi connectivity index (χ4n) is 7.09. The van der Waals surface area contributed by atoms with Crippen molar-refractivity contribution in [2.24, 2.45) is 0 Å². The summed E-state index contributed by atoms with van der Waals surface area (Å²) in [6.45, 7) is 6.38. The third-order valence-electron chi connectivity index (χ3n) is 9.91. The Morgan fingerprint density at radius 2 is 1.60 bits per heavy atom. The number of nitrogens with zero attached hydrogens (tertiary/aromatic N) is 3. The van der Waals surface area contributed by atoms with Gasteiger partial charge in [0.2, 0.25) is 12.5 Å². The molecule has 4 amide bonds. The van der Waals surface area contributed by atoms with Gasteiger partial charge in [-0.05, 0) is 73.2 Å². The van der Waals surface area contributed by atoms with Gasteiger partial charge in [-0.25, -0.2) is 9.59 Å². The minimum Gasteiger partial charge on any atom is -1.00 e. The second kappa shape index (κ2) is 19.0. The van der Waals surface area contributed by atoms with E-state index in [1.807, 2.05) is 78.9 Å². The summed E-state index contributed by atoms with van der Waals surface area (Å²) in [6.07, 6.45) is 4.19. The summed E-state index contributed by atoms with van der Waals surface area (Å²) in [5.74, 6) is -1.17. The van der Waals surface area contributed by atoms with Crippen molar-refractivity contribution in [3.8, 4) is 5.75 Å². The number of allylic oxidation sites excluding steroid dienone is 1. The van der Waals surface area contributed by atoms with Crippen LogP contribution < -0.4 is 32.2 Å². The highest BCUT2D eigenvalue weighted by molar-refractivity contribution is 8.00. The minimum absolute atomic E-state index is 0. The van der Waals surface area contributed by atoms with Crippen LogP contribution in [0.25, 0.3) is 0 Å². The lowest BCUT2D eigenvalue weighted by Crippen LogP contribution is -3.00. The summed E-state index contributed by atoms with van der Waals surface area (Å²) in [6, 6.07) is 28.2. The Bertz CT molecular complexity index is 2260. The van der Waals surface area contributed by atoms with Gasteiger partial charge in [0, 0.05) is 43.1 Å². The molecule has 4 heterocycles. The molecule has 0 spiro atoms. The Hall–Kier alpha value is -5.93. The number of phenols is 1. The molecule has 3 aliphatic heterocycles. The SMILES string of the molecule is CC(C)(C)OC(=O)N[C@@H]1C(=O)N2C(C(=O)OC(c3ccccc3)c3ccccc3)=C(C=C3CCN(Cc4cc[n+](CC(=O)NCc5cccc(O)c5)cc4)C3=O)CS[C@H]12.[Br-]. The number of nitrogens with one attached hydrogen (secondary N) is 2. The molecule has 3 aliphatic rings. The van der Waals surface area contributed by atoms with Gasteiger partial charge in [-0.3, -0.25) is 19.3 Å². The Kier molecular flexibility index (Phi) is 13.8. The first-order chi connectivity index (χ1) is 28.3. The van der Waals surface area contributed by atoms with Crippen LogP contribution in [0.3, 0.4) is 0 Å². The molecule has 0 bridgehead atoms. The number of alkyl carbamates (subject to hydrolysis) is 1. The highest BCUT2D eigenvalue weighted by Gasteiger charge is 2.55. The van der Waals surface area contributed by atoms with Crippen molar-refractivity contribution < 1.29 is 60.1 Å². The van der Waals surface area contributed by atoms with Gasteiger partial charge in [-0.15, -0.1) is 11.8 Å². The third-order valence-corrected chi connectivity index (χ3v) is 11.2. The zero-order valence-corrected chi connectivity index (χ0v) is 35.8. The van der Waals surface area contributed by atoms with E-state index < -0.39 is 41.1 Å². The van der Waals surface area contributed by atoms with E-state index in [2.05, 4.69) is 10.6 Å². The van der Waals surface area contributed by atoms with Crippen LogP contribution in [0.15, 0.2) is 132 Å². The van der Waals surface area contributed by atoms with Crippen LogP contribution in [-0.2, 0) is 48.3 Å². The molecular formula is C45H46BrN5O8S. The van der Waals surface area contributed by atoms with Crippen LogP contribution in [0.1, 0.15) is 55.5 Å². The van der Waals surface area contributed by atoms with Gasteiger partial charge >= 0.3 is 12.1 Å². The van der Waals surface area contributed by atoms with Gasteiger partial charge in [-0.2, -0.15) is 4.57 Å². The lowest BCUT2D eigenvalue weighted by atomic mass is 10.00. The molecule has 1 aromatic heterocycles. The maximum absolute atomic E-state index is 14.4. The molecule has 3 N–H and O–H groups in total. The molecule has 2 fully saturated rings. The number of ether oxygens (including phenoxy) is 2. The number of carbonyl (C=O) groups is 5. The number of fused-ring (bicyclic) bond motifs is 1. The number of β-lactam (4-membered cyclic amide) rings is 1. The number of benzene rings is 3. The number of phenolic OH excluding ortho intramolecular Hbond substituents is 1. The molecule has 0 unspecified atom stereocenters. The quantitative estimate of drug-likeness (QED) is 0.0839. The standard InChI is InChI=1S/C45H45N5O8S.BrH/c1-45(2,3)58-44(56)47-37-41(54)50-38(43(55)57-39(31-12-6-4-7-13-31)32-14-8-5-9-15-32)34(28-59-42(37)50)24-33-19-22-49(40(33)53)26-29-17-20-48(21-18-29)27-36(52)46-25-30-11-10-16-35(51)23-30;/h4-18,20-21,23-24,37,39,42H,19,22,25-28H2,1-3H3,(H2-,46,47,51,52,56);1H/t37-,42-;/m1./s1. The van der Waals surface area contributed by atoms with E-state index in [0.717, 1.165) is 22.3 Å². The number of esters is 1. The van der Waals surface area contributed by atoms with Gasteiger partial charge in [-0.1, -0.05) is 72.8 Å². The molecule has 312 valence electrons. The van der Waals surface area contributed by atoms with Gasteiger partial charge < -0.3 is 47.1 Å². The van der Waals surface area contributed by atoms with Crippen molar-refractivity contribution in [3.63, 3.8) is 0 Å². The lowest BCUT2D eigenvalue weighted by Gasteiger charge is -2.49. The molecule has 0 radical (unpaired) electrons. The second-order valence-electron chi connectivity index (χ2n) is 15.5. The van der Waals surface area contributed by atoms with Gasteiger partial charge in [0.25, 0.3) is 11.8 Å². The number of aromatic hydroxyl groups is 1. The number of pyridine rings is 1. The number of thioether (sulfide) groups is 1. The van der Waals surface area contributed by atoms with E-state index in [-0.39, 0.29) is 52.5 Å². The van der Waals surface area contributed by atoms with Crippen LogP contribution in [-0.4, -0.2) is 74.0 Å². The van der Waals surface area contributed by atoms with Crippen LogP contribution in [0, 0.1) is 0 Å². The van der Waals surface area contributed by atoms with Crippen molar-refractivity contribution in [3.05, 3.63) is 155 Å². The Morgan fingerprint density at radius 3 is 2.23 bits per heavy atom. The number of hydrogen-bond donors (Lipinski definition) is 3. The Labute approximate surface area is 363 Å². The average molecular weight is 897 g/mol. The summed E-state index contributed by atoms with van der Waals surface area (Å²) < 4.78 is 13.4. The van der Waals surface area contributed by atoms with Crippen molar-refractivity contribution in [1.29, 1.82) is 0 Å². The first-order valence-electron chi connectivity index (χ1n) is 19.3. The number of carbonyl (C=O) groups excluding carboxylic acids is 5. The predicted octanol–water partition coefficient (Wildman–Crippen LogP) is 2.05. The van der Waals surface area contributed by atoms with E-state index in [0.29, 0.717) is 37.2 Å². The highest BCUT2D eigenvalue weighted by atomic mass is 79.9. The van der Waals surface area contributed by atoms with Crippen molar-refractivity contribution in [2.75, 3.05) is 12.3 Å². The molecule has 15 heteroatoms. The first kappa shape index (κ1) is 43.6. The first-order valence-corrected chi connectivity index (χ1v) is 20.4. The van der Waals surface area contributed by atoms with Gasteiger partial charge in [0.05, 0.1) is 0 Å². The zero-order valence-electron chi connectivity index (χ0n) is 33.4. The molecule has 0 saturated carbocycles. The highest BCUT2D eigenvalue weighted by Crippen LogP contribution is 2.43. The normalized spacial score (nSPS) is 18.1. The molecule has 4 aromatic rings. The van der Waals surface area contributed by atoms with Gasteiger partial charge in [0.1, 0.15) is 28.5 Å². The monoisotopic (exact) mass is 895 g/mol. The largest absolute Gasteiger partial charge is 1.00 e. The molecule has 7 rings (SSSR count). The molecule has 60 heavy (non-hydrogen) atoms. The zero-order chi connectivity index (χ0) is 41.7. The summed E-state index contributed by atoms with van der Waals surface area (Å²) in [4.78, 5) is 70.4. The van der Waals surface area contributed by atoms with Crippen molar-refractivity contribution in [1.82, 2.24) is 20.4 Å². The van der Waals surface area contributed by atoms with Crippen molar-refractivity contribution in [2.45, 2.75) is 69.9 Å². The van der Waals surface area contributed by atoms with E-state index in [1.54, 1.807) is 66.9 Å². The number of aromatic nitrogens is 1. The molecular weight excluding hydrogens is 850 g/mol. The fourth-order valence-corrected chi connectivity index (χ4v) is 8.40. The Morgan fingerprint density at radius 1 is 0.933 bits per heavy atom. The molecule has 3 aromatic carbocycles. The van der Waals surface area contributed by atoms with Crippen LogP contribution in [0.5, 0.6) is 5.75 Å². The van der Waals surface area contributed by atoms with Crippen LogP contribution in [0.2, 0.25) is 0 Å². The number of likely N-dealkylation sites (tertiary alicyclic amines) is 1. The number of halogens is 1. The minimum atomic E-state index is -0.918. The topological polar surface area (TPSA) is 158 Å². The summed E-state index contributed by atoms with van der Waals surface area (Å²) in [5.41, 5.74) is 3.40. The number of amides is 4. The summed E-state index contributed by atoms with van der Waals surface area (Å²) in [7, 11) is 0. The summed E-state index contributed by atoms with van der Waals surface area (Å²) >= 11 is 1.38. The van der Waals surface area contributed by atoms with E-state index in [9.17, 15) is 29.1 Å². The van der Waals surface area contributed by atoms with Gasteiger partial charge in [0.15, 0.2) is 18.5 Å². The Balaban J connectivity index is 0.00000604. The van der Waals surface area contributed by atoms with Crippen LogP contribution in [0.4, 0.5) is 4.79 Å².